The van der Waals surface area contributed by atoms with Gasteiger partial charge in [-0.1, -0.05) is 34.6 Å². The Morgan fingerprint density at radius 3 is 2.67 bits per heavy atom. The summed E-state index contributed by atoms with van der Waals surface area (Å²) in [5.74, 6) is 0.806. The average molecular weight is 288 g/mol. The number of hydrogen-bond donors (Lipinski definition) is 1. The van der Waals surface area contributed by atoms with E-state index in [0.29, 0.717) is 12.3 Å². The molecule has 0 bridgehead atoms. The Bertz CT molecular complexity index is 636. The second-order valence-corrected chi connectivity index (χ2v) is 6.96. The first-order chi connectivity index (χ1) is 9.78. The van der Waals surface area contributed by atoms with Crippen molar-refractivity contribution in [3.63, 3.8) is 0 Å². The van der Waals surface area contributed by atoms with Crippen LogP contribution in [-0.2, 0) is 0 Å². The van der Waals surface area contributed by atoms with Gasteiger partial charge in [0.25, 0.3) is 0 Å². The van der Waals surface area contributed by atoms with Crippen molar-refractivity contribution in [3.05, 3.63) is 23.9 Å². The van der Waals surface area contributed by atoms with Crippen LogP contribution >= 0.6 is 0 Å². The summed E-state index contributed by atoms with van der Waals surface area (Å²) in [5, 5.41) is 7.93. The van der Waals surface area contributed by atoms with E-state index in [4.69, 9.17) is 4.74 Å². The fourth-order valence-electron chi connectivity index (χ4n) is 2.02. The van der Waals surface area contributed by atoms with Crippen LogP contribution in [0.2, 0.25) is 0 Å². The zero-order valence-electron chi connectivity index (χ0n) is 13.5. The molecule has 0 aliphatic heterocycles. The normalized spacial score (nSPS) is 12.1. The first kappa shape index (κ1) is 15.5. The van der Waals surface area contributed by atoms with Gasteiger partial charge in [0.05, 0.1) is 12.1 Å². The van der Waals surface area contributed by atoms with Crippen LogP contribution < -0.4 is 4.74 Å². The molecule has 2 rings (SSSR count). The lowest BCUT2D eigenvalue weighted by Gasteiger charge is -2.18. The van der Waals surface area contributed by atoms with E-state index in [1.165, 1.54) is 0 Å². The summed E-state index contributed by atoms with van der Waals surface area (Å²) in [6, 6.07) is 5.71. The number of fused-ring (bicyclic) bond motifs is 1. The number of nitrogens with zero attached hydrogens (tertiary/aromatic N) is 1. The number of hydrogen-bond acceptors (Lipinski definition) is 3. The smallest absolute Gasteiger partial charge is 0.186 e. The van der Waals surface area contributed by atoms with Gasteiger partial charge in [0.1, 0.15) is 11.4 Å². The molecule has 0 aliphatic rings. The molecule has 0 saturated heterocycles. The Kier molecular flexibility index (Phi) is 4.35. The minimum absolute atomic E-state index is 0.0563. The van der Waals surface area contributed by atoms with Crippen LogP contribution in [0.25, 0.3) is 10.9 Å². The van der Waals surface area contributed by atoms with Gasteiger partial charge in [0, 0.05) is 17.4 Å². The molecule has 4 nitrogen and oxygen atoms in total. The third-order valence-electron chi connectivity index (χ3n) is 3.41. The third-order valence-corrected chi connectivity index (χ3v) is 3.41. The molecule has 0 radical (unpaired) electrons. The Labute approximate surface area is 125 Å². The Morgan fingerprint density at radius 1 is 1.33 bits per heavy atom. The quantitative estimate of drug-likeness (QED) is 0.838. The maximum Gasteiger partial charge on any atom is 0.186 e. The fraction of sp³-hybridized carbons (Fsp3) is 0.529. The van der Waals surface area contributed by atoms with Gasteiger partial charge < -0.3 is 4.74 Å². The number of benzene rings is 1. The van der Waals surface area contributed by atoms with Crippen molar-refractivity contribution in [2.24, 2.45) is 11.3 Å². The van der Waals surface area contributed by atoms with Crippen LogP contribution in [0.3, 0.4) is 0 Å². The molecule has 2 aromatic rings. The zero-order valence-corrected chi connectivity index (χ0v) is 13.5. The molecule has 1 aromatic carbocycles. The number of ether oxygens (including phenoxy) is 1. The highest BCUT2D eigenvalue weighted by molar-refractivity contribution is 6.06. The first-order valence-electron chi connectivity index (χ1n) is 7.43. The van der Waals surface area contributed by atoms with Gasteiger partial charge in [0.2, 0.25) is 0 Å². The summed E-state index contributed by atoms with van der Waals surface area (Å²) in [6.07, 6.45) is 0.991. The van der Waals surface area contributed by atoms with Gasteiger partial charge in [-0.25, -0.2) is 0 Å². The molecule has 0 spiro atoms. The van der Waals surface area contributed by atoms with Crippen molar-refractivity contribution in [2.75, 3.05) is 6.61 Å². The van der Waals surface area contributed by atoms with E-state index in [9.17, 15) is 4.79 Å². The minimum Gasteiger partial charge on any atom is -0.493 e. The molecule has 4 heteroatoms. The number of ketones is 1. The van der Waals surface area contributed by atoms with Gasteiger partial charge in [-0.2, -0.15) is 5.10 Å². The van der Waals surface area contributed by atoms with Crippen LogP contribution in [0.4, 0.5) is 0 Å². The predicted octanol–water partition coefficient (Wildman–Crippen LogP) is 4.22. The SMILES string of the molecule is CC(C)C(=O)c1n[nH]c2cc(OCCC(C)(C)C)ccc12. The highest BCUT2D eigenvalue weighted by Crippen LogP contribution is 2.24. The number of carbonyl (C=O) groups excluding carboxylic acids is 1. The van der Waals surface area contributed by atoms with Crippen molar-refractivity contribution in [1.29, 1.82) is 0 Å². The molecule has 114 valence electrons. The molecule has 1 aromatic heterocycles. The summed E-state index contributed by atoms with van der Waals surface area (Å²) in [4.78, 5) is 12.1. The third kappa shape index (κ3) is 3.84. The minimum atomic E-state index is -0.0563. The van der Waals surface area contributed by atoms with Crippen molar-refractivity contribution < 1.29 is 9.53 Å². The van der Waals surface area contributed by atoms with E-state index < -0.39 is 0 Å². The largest absolute Gasteiger partial charge is 0.493 e. The van der Waals surface area contributed by atoms with E-state index in [-0.39, 0.29) is 17.1 Å². The van der Waals surface area contributed by atoms with Gasteiger partial charge in [-0.05, 0) is 24.0 Å². The summed E-state index contributed by atoms with van der Waals surface area (Å²) in [6.45, 7) is 11.0. The molecular weight excluding hydrogens is 264 g/mol. The number of carbonyl (C=O) groups is 1. The van der Waals surface area contributed by atoms with E-state index in [0.717, 1.165) is 23.1 Å². The summed E-state index contributed by atoms with van der Waals surface area (Å²) in [5.41, 5.74) is 1.61. The molecule has 0 saturated carbocycles. The Morgan fingerprint density at radius 2 is 2.05 bits per heavy atom. The van der Waals surface area contributed by atoms with Gasteiger partial charge in [-0.3, -0.25) is 9.89 Å². The predicted molar refractivity (Wildman–Crippen MR) is 84.8 cm³/mol. The van der Waals surface area contributed by atoms with Crippen LogP contribution in [-0.4, -0.2) is 22.6 Å². The summed E-state index contributed by atoms with van der Waals surface area (Å²) in [7, 11) is 0. The van der Waals surface area contributed by atoms with E-state index in [1.807, 2.05) is 32.0 Å². The van der Waals surface area contributed by atoms with Crippen molar-refractivity contribution in [3.8, 4) is 5.75 Å². The number of aromatic nitrogens is 2. The van der Waals surface area contributed by atoms with E-state index >= 15 is 0 Å². The number of nitrogens with one attached hydrogen (secondary N) is 1. The van der Waals surface area contributed by atoms with Crippen LogP contribution in [0.5, 0.6) is 5.75 Å². The monoisotopic (exact) mass is 288 g/mol. The number of aromatic amines is 1. The van der Waals surface area contributed by atoms with Crippen molar-refractivity contribution >= 4 is 16.7 Å². The second-order valence-electron chi connectivity index (χ2n) is 6.96. The fourth-order valence-corrected chi connectivity index (χ4v) is 2.02. The van der Waals surface area contributed by atoms with Crippen molar-refractivity contribution in [2.45, 2.75) is 41.0 Å². The second kappa shape index (κ2) is 5.88. The van der Waals surface area contributed by atoms with Gasteiger partial charge in [0.15, 0.2) is 5.78 Å². The van der Waals surface area contributed by atoms with Gasteiger partial charge in [-0.15, -0.1) is 0 Å². The highest BCUT2D eigenvalue weighted by atomic mass is 16.5. The lowest BCUT2D eigenvalue weighted by atomic mass is 9.93. The Balaban J connectivity index is 2.15. The molecule has 0 aliphatic carbocycles. The van der Waals surface area contributed by atoms with Crippen LogP contribution in [0.15, 0.2) is 18.2 Å². The summed E-state index contributed by atoms with van der Waals surface area (Å²) >= 11 is 0. The van der Waals surface area contributed by atoms with Gasteiger partial charge >= 0.3 is 0 Å². The maximum atomic E-state index is 12.1. The molecule has 0 atom stereocenters. The topological polar surface area (TPSA) is 55.0 Å². The highest BCUT2D eigenvalue weighted by Gasteiger charge is 2.17. The molecular formula is C17H24N2O2. The molecule has 0 amide bonds. The number of rotatable bonds is 5. The molecule has 1 N–H and O–H groups in total. The zero-order chi connectivity index (χ0) is 15.6. The molecule has 1 heterocycles. The van der Waals surface area contributed by atoms with E-state index in [1.54, 1.807) is 0 Å². The summed E-state index contributed by atoms with van der Waals surface area (Å²) < 4.78 is 5.77. The average Bonchev–Trinajstić information content (AvgIpc) is 2.79. The molecule has 0 fully saturated rings. The lowest BCUT2D eigenvalue weighted by Crippen LogP contribution is -2.11. The molecule has 0 unspecified atom stereocenters. The number of Topliss-reactive ketones (excluding diaryl/α,β-unsaturated/α-hetero) is 1. The first-order valence-corrected chi connectivity index (χ1v) is 7.43. The van der Waals surface area contributed by atoms with Crippen LogP contribution in [0, 0.1) is 11.3 Å². The van der Waals surface area contributed by atoms with Crippen LogP contribution in [0.1, 0.15) is 51.5 Å². The standard InChI is InChI=1S/C17H24N2O2/c1-11(2)16(20)15-13-7-6-12(10-14(13)18-19-15)21-9-8-17(3,4)5/h6-7,10-11H,8-9H2,1-5H3,(H,18,19). The number of H-pyrrole nitrogens is 1. The maximum absolute atomic E-state index is 12.1. The Hall–Kier alpha value is -1.84. The lowest BCUT2D eigenvalue weighted by molar-refractivity contribution is 0.0936. The molecule has 21 heavy (non-hydrogen) atoms. The van der Waals surface area contributed by atoms with Crippen molar-refractivity contribution in [1.82, 2.24) is 10.2 Å². The van der Waals surface area contributed by atoms with E-state index in [2.05, 4.69) is 31.0 Å².